The molecule has 28 heavy (non-hydrogen) atoms. The van der Waals surface area contributed by atoms with Crippen molar-refractivity contribution >= 4 is 28.4 Å². The van der Waals surface area contributed by atoms with Crippen LogP contribution in [-0.4, -0.2) is 24.1 Å². The zero-order valence-electron chi connectivity index (χ0n) is 17.4. The fourth-order valence-corrected chi connectivity index (χ4v) is 3.78. The van der Waals surface area contributed by atoms with Gasteiger partial charge in [-0.3, -0.25) is 9.89 Å². The predicted octanol–water partition coefficient (Wildman–Crippen LogP) is 5.02. The maximum absolute atomic E-state index is 6.41. The molecule has 150 valence electrons. The largest absolute Gasteiger partial charge is 0.369 e. The lowest BCUT2D eigenvalue weighted by molar-refractivity contribution is 0.466. The van der Waals surface area contributed by atoms with E-state index in [4.69, 9.17) is 5.73 Å². The number of hydrogen-bond acceptors (Lipinski definition) is 3. The van der Waals surface area contributed by atoms with Crippen LogP contribution in [0.25, 0.3) is 10.8 Å². The number of nitrogens with one attached hydrogen (secondary N) is 1. The van der Waals surface area contributed by atoms with Gasteiger partial charge in [-0.1, -0.05) is 75.4 Å². The third kappa shape index (κ3) is 4.64. The maximum Gasteiger partial charge on any atom is 0.223 e. The highest BCUT2D eigenvalue weighted by molar-refractivity contribution is 6.10. The summed E-state index contributed by atoms with van der Waals surface area (Å²) in [7, 11) is 0. The van der Waals surface area contributed by atoms with Gasteiger partial charge in [-0.2, -0.15) is 4.99 Å². The minimum Gasteiger partial charge on any atom is -0.369 e. The Bertz CT molecular complexity index is 848. The van der Waals surface area contributed by atoms with Crippen LogP contribution in [-0.2, 0) is 0 Å². The number of aliphatic imine (C=N–C) groups is 2. The highest BCUT2D eigenvalue weighted by Crippen LogP contribution is 2.31. The van der Waals surface area contributed by atoms with Gasteiger partial charge in [0.15, 0.2) is 0 Å². The summed E-state index contributed by atoms with van der Waals surface area (Å²) in [6, 6.07) is 14.6. The molecule has 0 unspecified atom stereocenters. The van der Waals surface area contributed by atoms with Crippen LogP contribution in [0.1, 0.15) is 59.3 Å². The molecule has 1 aliphatic rings. The van der Waals surface area contributed by atoms with Gasteiger partial charge in [-0.25, -0.2) is 0 Å². The van der Waals surface area contributed by atoms with Gasteiger partial charge in [0.05, 0.1) is 5.69 Å². The van der Waals surface area contributed by atoms with Crippen molar-refractivity contribution in [3.8, 4) is 0 Å². The highest BCUT2D eigenvalue weighted by atomic mass is 15.5. The van der Waals surface area contributed by atoms with E-state index in [1.807, 2.05) is 0 Å². The van der Waals surface area contributed by atoms with Crippen LogP contribution in [0.3, 0.4) is 0 Å². The highest BCUT2D eigenvalue weighted by Gasteiger charge is 2.35. The summed E-state index contributed by atoms with van der Waals surface area (Å²) >= 11 is 0. The van der Waals surface area contributed by atoms with Crippen LogP contribution < -0.4 is 16.0 Å². The zero-order chi connectivity index (χ0) is 20.0. The summed E-state index contributed by atoms with van der Waals surface area (Å²) in [5, 5.41) is 5.80. The van der Waals surface area contributed by atoms with Crippen LogP contribution in [0.2, 0.25) is 0 Å². The predicted molar refractivity (Wildman–Crippen MR) is 121 cm³/mol. The number of nitrogens with zero attached hydrogens (tertiary/aromatic N) is 3. The molecule has 1 heterocycles. The summed E-state index contributed by atoms with van der Waals surface area (Å²) in [6.45, 7) is 7.25. The zero-order valence-corrected chi connectivity index (χ0v) is 17.4. The van der Waals surface area contributed by atoms with E-state index in [1.54, 1.807) is 0 Å². The van der Waals surface area contributed by atoms with Crippen molar-refractivity contribution in [2.45, 2.75) is 65.0 Å². The number of unbranched alkanes of at least 4 members (excludes halogenated alkanes) is 5. The molecule has 2 aromatic carbocycles. The van der Waals surface area contributed by atoms with Gasteiger partial charge in [0.25, 0.3) is 0 Å². The van der Waals surface area contributed by atoms with Crippen LogP contribution in [0.15, 0.2) is 52.4 Å². The lowest BCUT2D eigenvalue weighted by atomic mass is 10.1. The molecule has 5 nitrogen and oxygen atoms in total. The Morgan fingerprint density at radius 2 is 1.71 bits per heavy atom. The Hall–Kier alpha value is -2.56. The fourth-order valence-electron chi connectivity index (χ4n) is 3.78. The minimum absolute atomic E-state index is 0.421. The maximum atomic E-state index is 6.41. The van der Waals surface area contributed by atoms with Crippen LogP contribution in [0.5, 0.6) is 0 Å². The third-order valence-electron chi connectivity index (χ3n) is 5.21. The Morgan fingerprint density at radius 1 is 1.00 bits per heavy atom. The number of hydrogen-bond donors (Lipinski definition) is 2. The molecule has 0 fully saturated rings. The van der Waals surface area contributed by atoms with E-state index in [-0.39, 0.29) is 0 Å². The molecule has 0 bridgehead atoms. The molecule has 5 heteroatoms. The van der Waals surface area contributed by atoms with E-state index in [1.165, 1.54) is 37.5 Å². The normalized spacial score (nSPS) is 17.6. The molecule has 1 aliphatic heterocycles. The monoisotopic (exact) mass is 379 g/mol. The summed E-state index contributed by atoms with van der Waals surface area (Å²) in [5.41, 5.74) is 7.04. The van der Waals surface area contributed by atoms with Gasteiger partial charge in [0.1, 0.15) is 5.66 Å². The molecule has 3 rings (SSSR count). The van der Waals surface area contributed by atoms with Crippen molar-refractivity contribution < 1.29 is 0 Å². The van der Waals surface area contributed by atoms with E-state index in [2.05, 4.69) is 83.4 Å². The van der Waals surface area contributed by atoms with E-state index in [9.17, 15) is 0 Å². The second-order valence-electron chi connectivity index (χ2n) is 7.96. The minimum atomic E-state index is -0.421. The number of anilines is 1. The van der Waals surface area contributed by atoms with Crippen molar-refractivity contribution in [3.63, 3.8) is 0 Å². The van der Waals surface area contributed by atoms with Crippen LogP contribution in [0.4, 0.5) is 5.69 Å². The number of rotatable bonds is 8. The van der Waals surface area contributed by atoms with Gasteiger partial charge >= 0.3 is 0 Å². The van der Waals surface area contributed by atoms with Crippen molar-refractivity contribution in [1.82, 2.24) is 5.32 Å². The van der Waals surface area contributed by atoms with E-state index >= 15 is 0 Å². The first-order valence-corrected chi connectivity index (χ1v) is 10.5. The number of fused-ring (bicyclic) bond motifs is 1. The molecule has 2 aromatic rings. The summed E-state index contributed by atoms with van der Waals surface area (Å²) in [5.74, 6) is 1.11. The fraction of sp³-hybridized carbons (Fsp3) is 0.478. The van der Waals surface area contributed by atoms with Crippen LogP contribution >= 0.6 is 0 Å². The molecule has 0 saturated heterocycles. The Balaban J connectivity index is 1.75. The molecule has 0 atom stereocenters. The molecule has 0 radical (unpaired) electrons. The Morgan fingerprint density at radius 3 is 2.50 bits per heavy atom. The van der Waals surface area contributed by atoms with Crippen molar-refractivity contribution in [1.29, 1.82) is 0 Å². The van der Waals surface area contributed by atoms with Gasteiger partial charge in [0, 0.05) is 11.9 Å². The molecule has 0 aromatic heterocycles. The van der Waals surface area contributed by atoms with E-state index in [0.717, 1.165) is 24.0 Å². The summed E-state index contributed by atoms with van der Waals surface area (Å²) in [6.07, 6.45) is 7.54. The van der Waals surface area contributed by atoms with Crippen molar-refractivity contribution in [3.05, 3.63) is 42.5 Å². The Labute approximate surface area is 168 Å². The summed E-state index contributed by atoms with van der Waals surface area (Å²) < 4.78 is 0. The number of guanidine groups is 2. The molecular formula is C23H33N5. The van der Waals surface area contributed by atoms with Crippen molar-refractivity contribution in [2.75, 3.05) is 11.4 Å². The number of benzene rings is 2. The Kier molecular flexibility index (Phi) is 6.55. The summed E-state index contributed by atoms with van der Waals surface area (Å²) in [4.78, 5) is 11.3. The lowest BCUT2D eigenvalue weighted by Crippen LogP contribution is -2.64. The lowest BCUT2D eigenvalue weighted by Gasteiger charge is -2.43. The first-order valence-electron chi connectivity index (χ1n) is 10.5. The molecule has 0 spiro atoms. The van der Waals surface area contributed by atoms with E-state index in [0.29, 0.717) is 11.9 Å². The SMILES string of the molecule is CCCCCCCCN=C1N=C(N)N(c2cccc3ccccc23)C(C)(C)N1. The quantitative estimate of drug-likeness (QED) is 0.633. The van der Waals surface area contributed by atoms with Crippen LogP contribution in [0, 0.1) is 0 Å². The molecular weight excluding hydrogens is 346 g/mol. The van der Waals surface area contributed by atoms with Gasteiger partial charge in [-0.15, -0.1) is 0 Å². The smallest absolute Gasteiger partial charge is 0.223 e. The van der Waals surface area contributed by atoms with Gasteiger partial charge in [0.2, 0.25) is 11.9 Å². The second-order valence-corrected chi connectivity index (χ2v) is 7.96. The number of nitrogens with two attached hydrogens (primary N) is 1. The molecule has 0 amide bonds. The first kappa shape index (κ1) is 20.2. The topological polar surface area (TPSA) is 66.0 Å². The standard InChI is InChI=1S/C23H33N5/c1-4-5-6-7-8-11-17-25-22-26-21(24)28(23(2,3)27-22)20-16-12-14-18-13-9-10-15-19(18)20/h9-10,12-16H,4-8,11,17H2,1-3H3,(H3,24,25,26,27). The average molecular weight is 380 g/mol. The van der Waals surface area contributed by atoms with Gasteiger partial charge < -0.3 is 11.1 Å². The third-order valence-corrected chi connectivity index (χ3v) is 5.21. The molecule has 0 aliphatic carbocycles. The molecule has 3 N–H and O–H groups in total. The average Bonchev–Trinajstić information content (AvgIpc) is 2.66. The first-order chi connectivity index (χ1) is 13.5. The second kappa shape index (κ2) is 9.09. The van der Waals surface area contributed by atoms with E-state index < -0.39 is 5.66 Å². The molecule has 0 saturated carbocycles. The van der Waals surface area contributed by atoms with Gasteiger partial charge in [-0.05, 0) is 31.7 Å². The van der Waals surface area contributed by atoms with Crippen molar-refractivity contribution in [2.24, 2.45) is 15.7 Å².